The Bertz CT molecular complexity index is 1290. The van der Waals surface area contributed by atoms with Crippen LogP contribution in [0.25, 0.3) is 5.69 Å². The summed E-state index contributed by atoms with van der Waals surface area (Å²) in [6, 6.07) is 15.7. The first-order valence-corrected chi connectivity index (χ1v) is 10.1. The number of anilines is 2. The molecule has 0 spiro atoms. The minimum Gasteiger partial charge on any atom is -0.307 e. The van der Waals surface area contributed by atoms with Crippen molar-refractivity contribution in [1.82, 2.24) is 14.3 Å². The molecule has 0 fully saturated rings. The number of hydrogen-bond donors (Lipinski definition) is 0. The number of carbonyl (C=O) groups is 1. The van der Waals surface area contributed by atoms with E-state index in [1.165, 1.54) is 4.68 Å². The highest BCUT2D eigenvalue weighted by Crippen LogP contribution is 2.32. The molecule has 150 valence electrons. The lowest BCUT2D eigenvalue weighted by atomic mass is 10.1. The Balaban J connectivity index is 1.41. The topological polar surface area (TPSA) is 75.7 Å². The van der Waals surface area contributed by atoms with Gasteiger partial charge in [0.25, 0.3) is 0 Å². The van der Waals surface area contributed by atoms with Crippen molar-refractivity contribution in [2.24, 2.45) is 4.99 Å². The molecule has 8 heteroatoms. The maximum atomic E-state index is 13.3. The number of amides is 1. The lowest BCUT2D eigenvalue weighted by molar-refractivity contribution is -0.119. The summed E-state index contributed by atoms with van der Waals surface area (Å²) in [7, 11) is 0. The van der Waals surface area contributed by atoms with Crippen molar-refractivity contribution < 1.29 is 4.79 Å². The van der Waals surface area contributed by atoms with Crippen molar-refractivity contribution in [2.75, 3.05) is 22.9 Å². The van der Waals surface area contributed by atoms with Crippen molar-refractivity contribution in [1.29, 1.82) is 0 Å². The van der Waals surface area contributed by atoms with Crippen LogP contribution in [-0.4, -0.2) is 45.2 Å². The summed E-state index contributed by atoms with van der Waals surface area (Å²) in [6.45, 7) is 3.26. The Hall–Kier alpha value is -3.68. The zero-order valence-electron chi connectivity index (χ0n) is 16.5. The van der Waals surface area contributed by atoms with Gasteiger partial charge in [-0.05, 0) is 37.1 Å². The molecule has 0 saturated carbocycles. The van der Waals surface area contributed by atoms with Gasteiger partial charge in [0, 0.05) is 23.8 Å². The van der Waals surface area contributed by atoms with Gasteiger partial charge in [0.2, 0.25) is 11.9 Å². The molecule has 8 nitrogen and oxygen atoms in total. The Morgan fingerprint density at radius 3 is 2.73 bits per heavy atom. The van der Waals surface area contributed by atoms with Crippen molar-refractivity contribution in [2.45, 2.75) is 25.9 Å². The normalized spacial score (nSPS) is 18.6. The smallest absolute Gasteiger partial charge is 0.307 e. The van der Waals surface area contributed by atoms with E-state index in [2.05, 4.69) is 10.1 Å². The fourth-order valence-corrected chi connectivity index (χ4v) is 4.76. The standard InChI is InChI=1S/C22H20N6O2/c1-14-12-15-6-2-4-8-17(15)27(14)19(29)13-26-22(30)28-18-9-5-3-7-16(18)20-23-10-11-25(20)21(28)24-26/h2-9,14H,10-13H2,1H3/t14-/m1/s1. The van der Waals surface area contributed by atoms with Crippen LogP contribution in [0.15, 0.2) is 58.3 Å². The molecule has 2 aromatic carbocycles. The highest BCUT2D eigenvalue weighted by molar-refractivity contribution is 6.14. The van der Waals surface area contributed by atoms with Crippen LogP contribution >= 0.6 is 0 Å². The molecule has 1 aromatic heterocycles. The first-order valence-electron chi connectivity index (χ1n) is 10.1. The number of benzene rings is 2. The van der Waals surface area contributed by atoms with Gasteiger partial charge in [-0.15, -0.1) is 5.10 Å². The number of aliphatic imine (C=N–C) groups is 1. The van der Waals surface area contributed by atoms with Gasteiger partial charge in [0.05, 0.1) is 12.2 Å². The Morgan fingerprint density at radius 1 is 1.10 bits per heavy atom. The summed E-state index contributed by atoms with van der Waals surface area (Å²) < 4.78 is 2.87. The lowest BCUT2D eigenvalue weighted by Crippen LogP contribution is -2.40. The van der Waals surface area contributed by atoms with Crippen LogP contribution < -0.4 is 15.5 Å². The number of carbonyl (C=O) groups excluding carboxylic acids is 1. The molecule has 0 aliphatic carbocycles. The van der Waals surface area contributed by atoms with E-state index < -0.39 is 0 Å². The SMILES string of the molecule is C[C@@H]1Cc2ccccc2N1C(=O)Cn1nc2n(c1=O)-c1ccccc1C1=NCCN12. The average Bonchev–Trinajstić information content (AvgIpc) is 3.44. The molecule has 4 heterocycles. The lowest BCUT2D eigenvalue weighted by Gasteiger charge is -2.26. The Morgan fingerprint density at radius 2 is 1.87 bits per heavy atom. The molecule has 3 aliphatic heterocycles. The van der Waals surface area contributed by atoms with Crippen LogP contribution in [0, 0.1) is 0 Å². The molecular weight excluding hydrogens is 380 g/mol. The van der Waals surface area contributed by atoms with Crippen molar-refractivity contribution in [3.63, 3.8) is 0 Å². The van der Waals surface area contributed by atoms with Crippen LogP contribution in [0.5, 0.6) is 0 Å². The zero-order valence-corrected chi connectivity index (χ0v) is 16.5. The van der Waals surface area contributed by atoms with E-state index in [9.17, 15) is 9.59 Å². The summed E-state index contributed by atoms with van der Waals surface area (Å²) >= 11 is 0. The van der Waals surface area contributed by atoms with E-state index in [1.54, 1.807) is 9.47 Å². The molecule has 30 heavy (non-hydrogen) atoms. The predicted molar refractivity (Wildman–Crippen MR) is 114 cm³/mol. The van der Waals surface area contributed by atoms with Gasteiger partial charge >= 0.3 is 5.69 Å². The van der Waals surface area contributed by atoms with Gasteiger partial charge in [-0.1, -0.05) is 30.3 Å². The van der Waals surface area contributed by atoms with E-state index in [0.717, 1.165) is 34.8 Å². The minimum absolute atomic E-state index is 0.0564. The van der Waals surface area contributed by atoms with E-state index in [-0.39, 0.29) is 24.2 Å². The summed E-state index contributed by atoms with van der Waals surface area (Å²) in [5.74, 6) is 1.23. The Labute approximate surface area is 172 Å². The van der Waals surface area contributed by atoms with E-state index >= 15 is 0 Å². The minimum atomic E-state index is -0.308. The van der Waals surface area contributed by atoms with Crippen molar-refractivity contribution >= 4 is 23.4 Å². The molecule has 3 aliphatic rings. The third-order valence-electron chi connectivity index (χ3n) is 6.05. The summed E-state index contributed by atoms with van der Waals surface area (Å²) in [5, 5.41) is 4.55. The third kappa shape index (κ3) is 2.27. The van der Waals surface area contributed by atoms with Crippen LogP contribution in [-0.2, 0) is 17.8 Å². The molecule has 1 amide bonds. The third-order valence-corrected chi connectivity index (χ3v) is 6.05. The van der Waals surface area contributed by atoms with Crippen LogP contribution in [0.1, 0.15) is 18.1 Å². The van der Waals surface area contributed by atoms with Gasteiger partial charge < -0.3 is 4.90 Å². The molecule has 0 unspecified atom stereocenters. The predicted octanol–water partition coefficient (Wildman–Crippen LogP) is 1.59. The maximum Gasteiger partial charge on any atom is 0.352 e. The van der Waals surface area contributed by atoms with Gasteiger partial charge in [0.1, 0.15) is 12.4 Å². The van der Waals surface area contributed by atoms with E-state index in [0.29, 0.717) is 19.0 Å². The number of para-hydroxylation sites is 2. The maximum absolute atomic E-state index is 13.3. The highest BCUT2D eigenvalue weighted by atomic mass is 16.2. The first kappa shape index (κ1) is 17.2. The number of nitrogens with zero attached hydrogens (tertiary/aromatic N) is 6. The van der Waals surface area contributed by atoms with E-state index in [1.807, 2.05) is 60.4 Å². The number of aromatic nitrogens is 3. The number of fused-ring (bicyclic) bond motifs is 7. The monoisotopic (exact) mass is 400 g/mol. The average molecular weight is 400 g/mol. The first-order chi connectivity index (χ1) is 14.6. The van der Waals surface area contributed by atoms with Crippen LogP contribution in [0.3, 0.4) is 0 Å². The fraction of sp³-hybridized carbons (Fsp3) is 0.273. The molecule has 0 radical (unpaired) electrons. The van der Waals surface area contributed by atoms with Crippen LogP contribution in [0.4, 0.5) is 11.6 Å². The zero-order chi connectivity index (χ0) is 20.4. The van der Waals surface area contributed by atoms with Gasteiger partial charge in [0.15, 0.2) is 0 Å². The van der Waals surface area contributed by atoms with Gasteiger partial charge in [-0.2, -0.15) is 0 Å². The largest absolute Gasteiger partial charge is 0.352 e. The number of hydrogen-bond acceptors (Lipinski definition) is 5. The van der Waals surface area contributed by atoms with Crippen molar-refractivity contribution in [3.8, 4) is 5.69 Å². The number of amidine groups is 1. The molecule has 1 atom stereocenters. The molecular formula is C22H20N6O2. The van der Waals surface area contributed by atoms with Crippen LogP contribution in [0.2, 0.25) is 0 Å². The molecule has 0 N–H and O–H groups in total. The quantitative estimate of drug-likeness (QED) is 0.655. The molecule has 6 rings (SSSR count). The number of rotatable bonds is 2. The van der Waals surface area contributed by atoms with Gasteiger partial charge in [-0.3, -0.25) is 14.7 Å². The van der Waals surface area contributed by atoms with Crippen molar-refractivity contribution in [3.05, 3.63) is 70.1 Å². The second-order valence-corrected chi connectivity index (χ2v) is 7.90. The molecule has 0 saturated heterocycles. The summed E-state index contributed by atoms with van der Waals surface area (Å²) in [6.07, 6.45) is 0.817. The Kier molecular flexibility index (Phi) is 3.53. The van der Waals surface area contributed by atoms with Gasteiger partial charge in [-0.25, -0.2) is 14.0 Å². The van der Waals surface area contributed by atoms with E-state index in [4.69, 9.17) is 0 Å². The summed E-state index contributed by atoms with van der Waals surface area (Å²) in [5.41, 5.74) is 3.44. The fourth-order valence-electron chi connectivity index (χ4n) is 4.76. The summed E-state index contributed by atoms with van der Waals surface area (Å²) in [4.78, 5) is 34.8. The highest BCUT2D eigenvalue weighted by Gasteiger charge is 2.36. The molecule has 3 aromatic rings. The molecule has 0 bridgehead atoms. The second kappa shape index (κ2) is 6.16. The second-order valence-electron chi connectivity index (χ2n) is 7.90.